The number of hydrogen-bond acceptors (Lipinski definition) is 4. The van der Waals surface area contributed by atoms with E-state index >= 15 is 0 Å². The first-order chi connectivity index (χ1) is 8.48. The summed E-state index contributed by atoms with van der Waals surface area (Å²) in [5, 5.41) is 1.51. The summed E-state index contributed by atoms with van der Waals surface area (Å²) in [7, 11) is 6.40. The van der Waals surface area contributed by atoms with Gasteiger partial charge in [0, 0.05) is 19.1 Å². The quantitative estimate of drug-likeness (QED) is 0.777. The van der Waals surface area contributed by atoms with Gasteiger partial charge in [-0.05, 0) is 33.4 Å². The number of aromatic nitrogens is 1. The lowest BCUT2D eigenvalue weighted by Crippen LogP contribution is -2.56. The molecule has 2 rings (SSSR count). The first-order valence-electron chi connectivity index (χ1n) is 6.08. The molecule has 0 atom stereocenters. The van der Waals surface area contributed by atoms with Crippen molar-refractivity contribution in [2.75, 3.05) is 32.6 Å². The Kier molecular flexibility index (Phi) is 4.42. The maximum Gasteiger partial charge on any atom is 0.186 e. The molecular formula is C12H19Cl2N3S. The van der Waals surface area contributed by atoms with Crippen LogP contribution in [-0.2, 0) is 5.88 Å². The summed E-state index contributed by atoms with van der Waals surface area (Å²) in [5.41, 5.74) is 0.300. The van der Waals surface area contributed by atoms with Crippen LogP contribution in [0.15, 0.2) is 0 Å². The third-order valence-electron chi connectivity index (χ3n) is 3.85. The van der Waals surface area contributed by atoms with Gasteiger partial charge in [0.05, 0.1) is 10.8 Å². The second kappa shape index (κ2) is 5.53. The van der Waals surface area contributed by atoms with Crippen LogP contribution in [0.4, 0.5) is 5.13 Å². The van der Waals surface area contributed by atoms with E-state index in [9.17, 15) is 0 Å². The minimum atomic E-state index is 0.300. The Morgan fingerprint density at radius 1 is 1.33 bits per heavy atom. The van der Waals surface area contributed by atoms with Crippen LogP contribution in [0, 0.1) is 0 Å². The second-order valence-electron chi connectivity index (χ2n) is 5.17. The Labute approximate surface area is 123 Å². The van der Waals surface area contributed by atoms with Gasteiger partial charge >= 0.3 is 0 Å². The van der Waals surface area contributed by atoms with Gasteiger partial charge in [0.15, 0.2) is 5.13 Å². The largest absolute Gasteiger partial charge is 0.349 e. The van der Waals surface area contributed by atoms with Crippen molar-refractivity contribution in [3.8, 4) is 0 Å². The molecule has 0 aromatic carbocycles. The molecule has 1 fully saturated rings. The summed E-state index contributed by atoms with van der Waals surface area (Å²) in [6.07, 6.45) is 3.83. The fraction of sp³-hybridized carbons (Fsp3) is 0.750. The van der Waals surface area contributed by atoms with Crippen molar-refractivity contribution in [2.45, 2.75) is 30.7 Å². The van der Waals surface area contributed by atoms with E-state index in [2.05, 4.69) is 35.9 Å². The topological polar surface area (TPSA) is 19.4 Å². The molecule has 1 aliphatic carbocycles. The number of halogens is 2. The lowest BCUT2D eigenvalue weighted by atomic mass is 9.75. The molecular weight excluding hydrogens is 289 g/mol. The number of thiazole rings is 1. The Balaban J connectivity index is 2.09. The Bertz CT molecular complexity index is 415. The van der Waals surface area contributed by atoms with E-state index in [1.165, 1.54) is 19.3 Å². The van der Waals surface area contributed by atoms with Gasteiger partial charge in [0.1, 0.15) is 5.15 Å². The average molecular weight is 308 g/mol. The molecule has 102 valence electrons. The minimum absolute atomic E-state index is 0.300. The number of hydrogen-bond donors (Lipinski definition) is 0. The zero-order valence-corrected chi connectivity index (χ0v) is 13.4. The molecule has 0 radical (unpaired) electrons. The zero-order valence-electron chi connectivity index (χ0n) is 11.0. The van der Waals surface area contributed by atoms with E-state index in [1.54, 1.807) is 11.3 Å². The maximum absolute atomic E-state index is 6.05. The fourth-order valence-electron chi connectivity index (χ4n) is 2.41. The summed E-state index contributed by atoms with van der Waals surface area (Å²) < 4.78 is 0. The molecule has 0 amide bonds. The minimum Gasteiger partial charge on any atom is -0.349 e. The fourth-order valence-corrected chi connectivity index (χ4v) is 3.84. The van der Waals surface area contributed by atoms with Gasteiger partial charge in [0.2, 0.25) is 0 Å². The first kappa shape index (κ1) is 14.4. The molecule has 1 aliphatic rings. The van der Waals surface area contributed by atoms with Crippen molar-refractivity contribution in [1.29, 1.82) is 0 Å². The summed E-state index contributed by atoms with van der Waals surface area (Å²) in [5.74, 6) is 0.434. The van der Waals surface area contributed by atoms with Crippen molar-refractivity contribution in [1.82, 2.24) is 9.88 Å². The SMILES string of the molecule is CN(CC1(N(C)C)CCC1)c1nc(Cl)c(CCl)s1. The van der Waals surface area contributed by atoms with Crippen molar-refractivity contribution in [3.05, 3.63) is 10.0 Å². The van der Waals surface area contributed by atoms with E-state index in [-0.39, 0.29) is 0 Å². The first-order valence-corrected chi connectivity index (χ1v) is 7.81. The van der Waals surface area contributed by atoms with Crippen LogP contribution >= 0.6 is 34.5 Å². The van der Waals surface area contributed by atoms with Crippen LogP contribution < -0.4 is 4.90 Å². The van der Waals surface area contributed by atoms with Crippen molar-refractivity contribution >= 4 is 39.7 Å². The predicted octanol–water partition coefficient (Wildman–Crippen LogP) is 3.46. The monoisotopic (exact) mass is 307 g/mol. The number of nitrogens with zero attached hydrogens (tertiary/aromatic N) is 3. The molecule has 0 spiro atoms. The number of alkyl halides is 1. The van der Waals surface area contributed by atoms with Gasteiger partial charge < -0.3 is 9.80 Å². The van der Waals surface area contributed by atoms with Crippen LogP contribution in [0.2, 0.25) is 5.15 Å². The lowest BCUT2D eigenvalue weighted by Gasteiger charge is -2.49. The van der Waals surface area contributed by atoms with Gasteiger partial charge in [-0.2, -0.15) is 0 Å². The third kappa shape index (κ3) is 2.62. The molecule has 1 heterocycles. The Morgan fingerprint density at radius 2 is 2.00 bits per heavy atom. The highest BCUT2D eigenvalue weighted by atomic mass is 35.5. The van der Waals surface area contributed by atoms with Crippen LogP contribution in [0.3, 0.4) is 0 Å². The number of rotatable bonds is 5. The number of likely N-dealkylation sites (N-methyl/N-ethyl adjacent to an activating group) is 2. The second-order valence-corrected chi connectivity index (χ2v) is 6.86. The summed E-state index contributed by atoms with van der Waals surface area (Å²) >= 11 is 13.5. The molecule has 0 saturated heterocycles. The van der Waals surface area contributed by atoms with Gasteiger partial charge in [-0.1, -0.05) is 22.9 Å². The van der Waals surface area contributed by atoms with Crippen molar-refractivity contribution < 1.29 is 0 Å². The van der Waals surface area contributed by atoms with Crippen LogP contribution in [-0.4, -0.2) is 43.1 Å². The average Bonchev–Trinajstić information content (AvgIpc) is 2.64. The maximum atomic E-state index is 6.05. The van der Waals surface area contributed by atoms with E-state index in [0.717, 1.165) is 16.6 Å². The Hall–Kier alpha value is -0.0300. The van der Waals surface area contributed by atoms with Gasteiger partial charge in [0.25, 0.3) is 0 Å². The normalized spacial score (nSPS) is 17.9. The smallest absolute Gasteiger partial charge is 0.186 e. The number of anilines is 1. The predicted molar refractivity (Wildman–Crippen MR) is 80.2 cm³/mol. The van der Waals surface area contributed by atoms with Crippen LogP contribution in [0.25, 0.3) is 0 Å². The lowest BCUT2D eigenvalue weighted by molar-refractivity contribution is 0.0683. The van der Waals surface area contributed by atoms with Crippen LogP contribution in [0.5, 0.6) is 0 Å². The summed E-state index contributed by atoms with van der Waals surface area (Å²) in [4.78, 5) is 9.88. The van der Waals surface area contributed by atoms with Crippen LogP contribution in [0.1, 0.15) is 24.1 Å². The molecule has 1 aromatic heterocycles. The summed E-state index contributed by atoms with van der Waals surface area (Å²) in [6.45, 7) is 0.992. The molecule has 0 bridgehead atoms. The van der Waals surface area contributed by atoms with E-state index in [0.29, 0.717) is 16.6 Å². The van der Waals surface area contributed by atoms with E-state index in [4.69, 9.17) is 23.2 Å². The van der Waals surface area contributed by atoms with Crippen molar-refractivity contribution in [3.63, 3.8) is 0 Å². The molecule has 18 heavy (non-hydrogen) atoms. The molecule has 0 unspecified atom stereocenters. The highest BCUT2D eigenvalue weighted by Gasteiger charge is 2.40. The van der Waals surface area contributed by atoms with E-state index < -0.39 is 0 Å². The molecule has 0 aliphatic heterocycles. The third-order valence-corrected chi connectivity index (χ3v) is 5.87. The van der Waals surface area contributed by atoms with E-state index in [1.807, 2.05) is 0 Å². The summed E-state index contributed by atoms with van der Waals surface area (Å²) in [6, 6.07) is 0. The molecule has 6 heteroatoms. The highest BCUT2D eigenvalue weighted by Crippen LogP contribution is 2.38. The highest BCUT2D eigenvalue weighted by molar-refractivity contribution is 7.16. The standard InChI is InChI=1S/C12H19Cl2N3S/c1-16(2)12(5-4-6-12)8-17(3)11-15-10(14)9(7-13)18-11/h4-8H2,1-3H3. The zero-order chi connectivity index (χ0) is 13.3. The van der Waals surface area contributed by atoms with Gasteiger partial charge in [-0.25, -0.2) is 4.98 Å². The molecule has 1 saturated carbocycles. The molecule has 0 N–H and O–H groups in total. The Morgan fingerprint density at radius 3 is 2.39 bits per heavy atom. The molecule has 3 nitrogen and oxygen atoms in total. The van der Waals surface area contributed by atoms with Crippen molar-refractivity contribution in [2.24, 2.45) is 0 Å². The molecule has 1 aromatic rings. The van der Waals surface area contributed by atoms with Gasteiger partial charge in [-0.15, -0.1) is 11.6 Å². The van der Waals surface area contributed by atoms with Gasteiger partial charge in [-0.3, -0.25) is 0 Å².